The fourth-order valence-corrected chi connectivity index (χ4v) is 2.21. The summed E-state index contributed by atoms with van der Waals surface area (Å²) in [5.74, 6) is -0.997. The fourth-order valence-electron chi connectivity index (χ4n) is 2.21. The quantitative estimate of drug-likeness (QED) is 0.746. The highest BCUT2D eigenvalue weighted by atomic mass is 35.5. The first-order valence-corrected chi connectivity index (χ1v) is 6.32. The van der Waals surface area contributed by atoms with E-state index in [0.29, 0.717) is 5.52 Å². The number of nitrogens with one attached hydrogen (secondary N) is 1. The molecule has 1 unspecified atom stereocenters. The highest BCUT2D eigenvalue weighted by Gasteiger charge is 2.34. The van der Waals surface area contributed by atoms with Gasteiger partial charge in [-0.3, -0.25) is 0 Å². The molecule has 0 aliphatic heterocycles. The van der Waals surface area contributed by atoms with Gasteiger partial charge in [-0.25, -0.2) is 4.98 Å². The van der Waals surface area contributed by atoms with Crippen molar-refractivity contribution in [1.82, 2.24) is 9.97 Å². The lowest BCUT2D eigenvalue weighted by atomic mass is 9.99. The monoisotopic (exact) mass is 327 g/mol. The van der Waals surface area contributed by atoms with E-state index in [9.17, 15) is 13.2 Å². The number of imidazole rings is 1. The largest absolute Gasteiger partial charge is 0.449 e. The van der Waals surface area contributed by atoms with Crippen LogP contribution in [0.25, 0.3) is 11.0 Å². The molecule has 3 nitrogen and oxygen atoms in total. The molecule has 0 aliphatic carbocycles. The van der Waals surface area contributed by atoms with Crippen molar-refractivity contribution in [2.24, 2.45) is 5.73 Å². The molecule has 0 bridgehead atoms. The van der Waals surface area contributed by atoms with Crippen LogP contribution in [0.1, 0.15) is 23.0 Å². The van der Waals surface area contributed by atoms with E-state index in [4.69, 9.17) is 5.73 Å². The van der Waals surface area contributed by atoms with Crippen LogP contribution in [0, 0.1) is 0 Å². The third kappa shape index (κ3) is 3.08. The van der Waals surface area contributed by atoms with Crippen molar-refractivity contribution in [1.29, 1.82) is 0 Å². The van der Waals surface area contributed by atoms with Crippen molar-refractivity contribution in [2.45, 2.75) is 12.2 Å². The summed E-state index contributed by atoms with van der Waals surface area (Å²) in [6, 6.07) is 13.8. The van der Waals surface area contributed by atoms with Gasteiger partial charge in [0.25, 0.3) is 0 Å². The maximum Gasteiger partial charge on any atom is 0.449 e. The van der Waals surface area contributed by atoms with E-state index in [1.807, 2.05) is 30.3 Å². The number of hydrogen-bond acceptors (Lipinski definition) is 2. The average Bonchev–Trinajstić information content (AvgIpc) is 2.90. The number of alkyl halides is 3. The van der Waals surface area contributed by atoms with Crippen molar-refractivity contribution in [3.05, 3.63) is 65.5 Å². The number of aromatic amines is 1. The molecule has 2 aromatic carbocycles. The first-order valence-electron chi connectivity index (χ1n) is 6.32. The molecule has 7 heteroatoms. The van der Waals surface area contributed by atoms with Gasteiger partial charge in [-0.15, -0.1) is 12.4 Å². The van der Waals surface area contributed by atoms with Crippen LogP contribution in [0.5, 0.6) is 0 Å². The van der Waals surface area contributed by atoms with Crippen LogP contribution in [0.15, 0.2) is 48.5 Å². The van der Waals surface area contributed by atoms with Gasteiger partial charge < -0.3 is 10.7 Å². The van der Waals surface area contributed by atoms with E-state index < -0.39 is 18.0 Å². The van der Waals surface area contributed by atoms with E-state index in [-0.39, 0.29) is 17.9 Å². The second kappa shape index (κ2) is 5.98. The second-order valence-electron chi connectivity index (χ2n) is 4.75. The van der Waals surface area contributed by atoms with Gasteiger partial charge in [-0.1, -0.05) is 36.4 Å². The Labute approximate surface area is 130 Å². The Hall–Kier alpha value is -2.05. The molecule has 22 heavy (non-hydrogen) atoms. The van der Waals surface area contributed by atoms with Crippen LogP contribution in [0.2, 0.25) is 0 Å². The molecule has 0 spiro atoms. The Morgan fingerprint density at radius 1 is 1.00 bits per heavy atom. The van der Waals surface area contributed by atoms with E-state index in [1.54, 1.807) is 18.2 Å². The van der Waals surface area contributed by atoms with Crippen LogP contribution in [-0.4, -0.2) is 9.97 Å². The molecule has 3 rings (SSSR count). The Morgan fingerprint density at radius 2 is 1.68 bits per heavy atom. The number of fused-ring (bicyclic) bond motifs is 1. The van der Waals surface area contributed by atoms with Crippen LogP contribution < -0.4 is 5.73 Å². The summed E-state index contributed by atoms with van der Waals surface area (Å²) in [6.07, 6.45) is -4.49. The number of H-pyrrole nitrogens is 1. The summed E-state index contributed by atoms with van der Waals surface area (Å²) in [7, 11) is 0. The second-order valence-corrected chi connectivity index (χ2v) is 4.75. The Bertz CT molecular complexity index is 769. The molecule has 0 radical (unpaired) electrons. The minimum absolute atomic E-state index is 0. The maximum atomic E-state index is 12.6. The molecule has 1 atom stereocenters. The van der Waals surface area contributed by atoms with Gasteiger partial charge in [-0.2, -0.15) is 13.2 Å². The summed E-state index contributed by atoms with van der Waals surface area (Å²) in [6.45, 7) is 0. The van der Waals surface area contributed by atoms with Crippen molar-refractivity contribution < 1.29 is 13.2 Å². The fraction of sp³-hybridized carbons (Fsp3) is 0.133. The van der Waals surface area contributed by atoms with E-state index in [1.165, 1.54) is 0 Å². The van der Waals surface area contributed by atoms with Crippen LogP contribution in [-0.2, 0) is 6.18 Å². The van der Waals surface area contributed by atoms with Crippen LogP contribution in [0.3, 0.4) is 0 Å². The summed E-state index contributed by atoms with van der Waals surface area (Å²) < 4.78 is 37.9. The van der Waals surface area contributed by atoms with Crippen LogP contribution in [0.4, 0.5) is 13.2 Å². The first-order chi connectivity index (χ1) is 9.95. The van der Waals surface area contributed by atoms with Crippen molar-refractivity contribution in [3.63, 3.8) is 0 Å². The standard InChI is InChI=1S/C15H12F3N3.ClH/c16-15(17,18)14-20-11-7-6-10(8-12(11)21-14)13(19)9-4-2-1-3-5-9;/h1-8,13H,19H2,(H,20,21);1H. The lowest BCUT2D eigenvalue weighted by Gasteiger charge is -2.12. The van der Waals surface area contributed by atoms with Gasteiger partial charge in [-0.05, 0) is 23.3 Å². The zero-order valence-electron chi connectivity index (χ0n) is 11.3. The topological polar surface area (TPSA) is 54.7 Å². The molecule has 3 aromatic rings. The maximum absolute atomic E-state index is 12.6. The highest BCUT2D eigenvalue weighted by Crippen LogP contribution is 2.29. The molecule has 0 fully saturated rings. The molecular formula is C15H13ClF3N3. The minimum Gasteiger partial charge on any atom is -0.334 e. The molecule has 1 aromatic heterocycles. The third-order valence-corrected chi connectivity index (χ3v) is 3.29. The van der Waals surface area contributed by atoms with Crippen molar-refractivity contribution in [2.75, 3.05) is 0 Å². The summed E-state index contributed by atoms with van der Waals surface area (Å²) in [4.78, 5) is 5.83. The predicted molar refractivity (Wildman–Crippen MR) is 80.8 cm³/mol. The molecule has 0 aliphatic rings. The number of nitrogens with two attached hydrogens (primary N) is 1. The first kappa shape index (κ1) is 16.3. The zero-order valence-corrected chi connectivity index (χ0v) is 12.1. The smallest absolute Gasteiger partial charge is 0.334 e. The molecule has 0 saturated heterocycles. The minimum atomic E-state index is -4.49. The Balaban J connectivity index is 0.00000176. The van der Waals surface area contributed by atoms with Crippen LogP contribution >= 0.6 is 12.4 Å². The normalized spacial score (nSPS) is 12.9. The van der Waals surface area contributed by atoms with E-state index in [2.05, 4.69) is 9.97 Å². The number of nitrogens with zero attached hydrogens (tertiary/aromatic N) is 1. The molecule has 0 amide bonds. The van der Waals surface area contributed by atoms with Crippen molar-refractivity contribution in [3.8, 4) is 0 Å². The molecule has 3 N–H and O–H groups in total. The Morgan fingerprint density at radius 3 is 2.32 bits per heavy atom. The third-order valence-electron chi connectivity index (χ3n) is 3.29. The van der Waals surface area contributed by atoms with Gasteiger partial charge in [0.2, 0.25) is 5.82 Å². The number of rotatable bonds is 2. The predicted octanol–water partition coefficient (Wildman–Crippen LogP) is 4.05. The van der Waals surface area contributed by atoms with Gasteiger partial charge in [0.15, 0.2) is 0 Å². The molecule has 116 valence electrons. The number of hydrogen-bond donors (Lipinski definition) is 2. The Kier molecular flexibility index (Phi) is 4.44. The number of benzene rings is 2. The number of halogens is 4. The number of aromatic nitrogens is 2. The van der Waals surface area contributed by atoms with Gasteiger partial charge in [0, 0.05) is 0 Å². The SMILES string of the molecule is Cl.NC(c1ccccc1)c1ccc2nc(C(F)(F)F)[nH]c2c1. The molecule has 1 heterocycles. The molecular weight excluding hydrogens is 315 g/mol. The van der Waals surface area contributed by atoms with Gasteiger partial charge >= 0.3 is 6.18 Å². The van der Waals surface area contributed by atoms with E-state index >= 15 is 0 Å². The summed E-state index contributed by atoms with van der Waals surface area (Å²) >= 11 is 0. The summed E-state index contributed by atoms with van der Waals surface area (Å²) in [5, 5.41) is 0. The van der Waals surface area contributed by atoms with Gasteiger partial charge in [0.05, 0.1) is 17.1 Å². The lowest BCUT2D eigenvalue weighted by molar-refractivity contribution is -0.144. The molecule has 0 saturated carbocycles. The highest BCUT2D eigenvalue weighted by molar-refractivity contribution is 5.85. The lowest BCUT2D eigenvalue weighted by Crippen LogP contribution is -2.11. The summed E-state index contributed by atoms with van der Waals surface area (Å²) in [5.41, 5.74) is 8.36. The van der Waals surface area contributed by atoms with Gasteiger partial charge in [0.1, 0.15) is 0 Å². The van der Waals surface area contributed by atoms with Crippen molar-refractivity contribution >= 4 is 23.4 Å². The van der Waals surface area contributed by atoms with E-state index in [0.717, 1.165) is 11.1 Å². The average molecular weight is 328 g/mol. The zero-order chi connectivity index (χ0) is 15.0.